The number of nitro benzene ring substituents is 1. The van der Waals surface area contributed by atoms with Crippen LogP contribution in [-0.2, 0) is 17.9 Å². The lowest BCUT2D eigenvalue weighted by molar-refractivity contribution is -0.385. The summed E-state index contributed by atoms with van der Waals surface area (Å²) in [6, 6.07) is 18.5. The molecule has 1 saturated heterocycles. The lowest BCUT2D eigenvalue weighted by Crippen LogP contribution is -2.27. The second kappa shape index (κ2) is 10.4. The Hall–Kier alpha value is -3.14. The summed E-state index contributed by atoms with van der Waals surface area (Å²) < 4.78 is 6.62. The van der Waals surface area contributed by atoms with Crippen molar-refractivity contribution in [2.75, 3.05) is 0 Å². The molecule has 1 fully saturated rings. The molecule has 0 atom stereocenters. The molecule has 1 aliphatic heterocycles. The summed E-state index contributed by atoms with van der Waals surface area (Å²) in [6.45, 7) is 0.108. The first-order valence-electron chi connectivity index (χ1n) is 9.96. The van der Waals surface area contributed by atoms with Crippen molar-refractivity contribution in [1.29, 1.82) is 0 Å². The maximum Gasteiger partial charge on any atom is 0.293 e. The van der Waals surface area contributed by atoms with Gasteiger partial charge in [-0.2, -0.15) is 0 Å². The van der Waals surface area contributed by atoms with Crippen molar-refractivity contribution < 1.29 is 19.2 Å². The zero-order valence-corrected chi connectivity index (χ0v) is 20.6. The van der Waals surface area contributed by atoms with Crippen LogP contribution in [-0.4, -0.2) is 21.0 Å². The van der Waals surface area contributed by atoms with Gasteiger partial charge < -0.3 is 4.74 Å². The molecular formula is C24H16BrClN2O5S. The van der Waals surface area contributed by atoms with Crippen molar-refractivity contribution in [2.24, 2.45) is 0 Å². The summed E-state index contributed by atoms with van der Waals surface area (Å²) in [5.74, 6) is 0.0143. The average Bonchev–Trinajstić information content (AvgIpc) is 3.07. The Labute approximate surface area is 212 Å². The number of thioether (sulfide) groups is 1. The molecule has 3 aromatic rings. The molecule has 0 aliphatic carbocycles. The van der Waals surface area contributed by atoms with Crippen LogP contribution in [0.25, 0.3) is 6.08 Å². The molecule has 34 heavy (non-hydrogen) atoms. The highest BCUT2D eigenvalue weighted by atomic mass is 79.9. The Morgan fingerprint density at radius 1 is 1.09 bits per heavy atom. The van der Waals surface area contributed by atoms with Gasteiger partial charge in [0, 0.05) is 21.1 Å². The standard InChI is InChI=1S/C24H16BrClN2O5S/c25-18-7-10-21(33-14-16-3-1-2-4-20(16)28(31)32)17(11-18)12-22-23(29)27(24(30)34-22)13-15-5-8-19(26)9-6-15/h1-12H,13-14H2/b22-12-. The van der Waals surface area contributed by atoms with Crippen LogP contribution in [0.4, 0.5) is 10.5 Å². The van der Waals surface area contributed by atoms with E-state index in [0.717, 1.165) is 21.8 Å². The lowest BCUT2D eigenvalue weighted by atomic mass is 10.1. The van der Waals surface area contributed by atoms with Crippen LogP contribution >= 0.6 is 39.3 Å². The van der Waals surface area contributed by atoms with E-state index in [0.29, 0.717) is 21.9 Å². The molecule has 1 heterocycles. The number of nitrogens with zero attached hydrogens (tertiary/aromatic N) is 2. The number of amides is 2. The minimum Gasteiger partial charge on any atom is -0.488 e. The van der Waals surface area contributed by atoms with Crippen LogP contribution < -0.4 is 4.74 Å². The first kappa shape index (κ1) is 24.0. The van der Waals surface area contributed by atoms with Crippen molar-refractivity contribution in [1.82, 2.24) is 4.90 Å². The highest BCUT2D eigenvalue weighted by molar-refractivity contribution is 9.10. The number of carbonyl (C=O) groups excluding carboxylic acids is 2. The second-order valence-corrected chi connectivity index (χ2v) is 9.60. The monoisotopic (exact) mass is 558 g/mol. The van der Waals surface area contributed by atoms with E-state index in [2.05, 4.69) is 15.9 Å². The summed E-state index contributed by atoms with van der Waals surface area (Å²) in [5.41, 5.74) is 1.72. The number of para-hydroxylation sites is 1. The third-order valence-corrected chi connectivity index (χ3v) is 6.61. The topological polar surface area (TPSA) is 89.7 Å². The van der Waals surface area contributed by atoms with E-state index < -0.39 is 10.8 Å². The van der Waals surface area contributed by atoms with Crippen molar-refractivity contribution in [3.63, 3.8) is 0 Å². The number of imide groups is 1. The zero-order valence-electron chi connectivity index (χ0n) is 17.4. The van der Waals surface area contributed by atoms with Crippen LogP contribution in [0, 0.1) is 10.1 Å². The number of carbonyl (C=O) groups is 2. The minimum atomic E-state index is -0.460. The van der Waals surface area contributed by atoms with Gasteiger partial charge in [0.05, 0.1) is 21.9 Å². The molecule has 2 amide bonds. The quantitative estimate of drug-likeness (QED) is 0.179. The van der Waals surface area contributed by atoms with Crippen molar-refractivity contribution in [2.45, 2.75) is 13.2 Å². The highest BCUT2D eigenvalue weighted by Crippen LogP contribution is 2.36. The van der Waals surface area contributed by atoms with Gasteiger partial charge in [-0.15, -0.1) is 0 Å². The third kappa shape index (κ3) is 5.49. The maximum atomic E-state index is 12.9. The molecular weight excluding hydrogens is 544 g/mol. The summed E-state index contributed by atoms with van der Waals surface area (Å²) >= 11 is 10.2. The molecule has 172 valence electrons. The molecule has 10 heteroatoms. The minimum absolute atomic E-state index is 0.0301. The SMILES string of the molecule is O=C1S/C(=C\c2cc(Br)ccc2OCc2ccccc2[N+](=O)[O-])C(=O)N1Cc1ccc(Cl)cc1. The van der Waals surface area contributed by atoms with Crippen LogP contribution in [0.3, 0.4) is 0 Å². The van der Waals surface area contributed by atoms with E-state index >= 15 is 0 Å². The third-order valence-electron chi connectivity index (χ3n) is 4.96. The molecule has 0 saturated carbocycles. The number of hydrogen-bond acceptors (Lipinski definition) is 6. The van der Waals surface area contributed by atoms with Gasteiger partial charge in [0.25, 0.3) is 16.8 Å². The fourth-order valence-electron chi connectivity index (χ4n) is 3.28. The number of ether oxygens (including phenoxy) is 1. The zero-order chi connectivity index (χ0) is 24.2. The molecule has 7 nitrogen and oxygen atoms in total. The van der Waals surface area contributed by atoms with Gasteiger partial charge >= 0.3 is 0 Å². The Bertz CT molecular complexity index is 1310. The van der Waals surface area contributed by atoms with E-state index in [1.165, 1.54) is 11.0 Å². The smallest absolute Gasteiger partial charge is 0.293 e. The van der Waals surface area contributed by atoms with Gasteiger partial charge in [0.15, 0.2) is 0 Å². The largest absolute Gasteiger partial charge is 0.488 e. The van der Waals surface area contributed by atoms with Gasteiger partial charge in [-0.3, -0.25) is 24.6 Å². The van der Waals surface area contributed by atoms with Gasteiger partial charge in [-0.1, -0.05) is 51.8 Å². The van der Waals surface area contributed by atoms with Gasteiger partial charge in [-0.05, 0) is 59.8 Å². The lowest BCUT2D eigenvalue weighted by Gasteiger charge is -2.12. The first-order chi connectivity index (χ1) is 16.3. The number of nitro groups is 1. The van der Waals surface area contributed by atoms with Crippen molar-refractivity contribution in [3.8, 4) is 5.75 Å². The summed E-state index contributed by atoms with van der Waals surface area (Å²) in [5, 5.41) is 11.5. The van der Waals surface area contributed by atoms with E-state index in [4.69, 9.17) is 16.3 Å². The van der Waals surface area contributed by atoms with E-state index in [1.54, 1.807) is 66.7 Å². The van der Waals surface area contributed by atoms with Crippen LogP contribution in [0.1, 0.15) is 16.7 Å². The molecule has 1 aliphatic rings. The number of benzene rings is 3. The predicted octanol–water partition coefficient (Wildman–Crippen LogP) is 6.83. The Morgan fingerprint density at radius 3 is 2.56 bits per heavy atom. The highest BCUT2D eigenvalue weighted by Gasteiger charge is 2.35. The van der Waals surface area contributed by atoms with Gasteiger partial charge in [0.2, 0.25) is 0 Å². The van der Waals surface area contributed by atoms with E-state index in [9.17, 15) is 19.7 Å². The summed E-state index contributed by atoms with van der Waals surface area (Å²) in [7, 11) is 0. The fraction of sp³-hybridized carbons (Fsp3) is 0.0833. The Morgan fingerprint density at radius 2 is 1.82 bits per heavy atom. The predicted molar refractivity (Wildman–Crippen MR) is 135 cm³/mol. The van der Waals surface area contributed by atoms with E-state index in [1.807, 2.05) is 0 Å². The van der Waals surface area contributed by atoms with Crippen LogP contribution in [0.2, 0.25) is 5.02 Å². The molecule has 0 spiro atoms. The number of hydrogen-bond donors (Lipinski definition) is 0. The molecule has 0 radical (unpaired) electrons. The maximum absolute atomic E-state index is 12.9. The average molecular weight is 560 g/mol. The van der Waals surface area contributed by atoms with Crippen molar-refractivity contribution in [3.05, 3.63) is 108 Å². The fourth-order valence-corrected chi connectivity index (χ4v) is 4.61. The van der Waals surface area contributed by atoms with Crippen molar-refractivity contribution >= 4 is 62.2 Å². The number of halogens is 2. The Kier molecular flexibility index (Phi) is 7.35. The Balaban J connectivity index is 1.56. The molecule has 3 aromatic carbocycles. The van der Waals surface area contributed by atoms with Gasteiger partial charge in [-0.25, -0.2) is 0 Å². The summed E-state index contributed by atoms with van der Waals surface area (Å²) in [6.07, 6.45) is 1.59. The van der Waals surface area contributed by atoms with Crippen LogP contribution in [0.15, 0.2) is 76.1 Å². The molecule has 0 unspecified atom stereocenters. The molecule has 4 rings (SSSR count). The van der Waals surface area contributed by atoms with Crippen LogP contribution in [0.5, 0.6) is 5.75 Å². The molecule has 0 N–H and O–H groups in total. The normalized spacial score (nSPS) is 14.6. The first-order valence-corrected chi connectivity index (χ1v) is 11.9. The second-order valence-electron chi connectivity index (χ2n) is 7.25. The van der Waals surface area contributed by atoms with Gasteiger partial charge in [0.1, 0.15) is 12.4 Å². The summed E-state index contributed by atoms with van der Waals surface area (Å²) in [4.78, 5) is 37.7. The number of rotatable bonds is 7. The molecule has 0 bridgehead atoms. The van der Waals surface area contributed by atoms with E-state index in [-0.39, 0.29) is 29.0 Å². The molecule has 0 aromatic heterocycles.